The van der Waals surface area contributed by atoms with Gasteiger partial charge in [-0.05, 0) is 18.2 Å². The first-order valence-corrected chi connectivity index (χ1v) is 8.47. The van der Waals surface area contributed by atoms with Gasteiger partial charge in [-0.1, -0.05) is 6.07 Å². The summed E-state index contributed by atoms with van der Waals surface area (Å²) in [5.74, 6) is -1.19. The monoisotopic (exact) mass is 404 g/mol. The molecule has 152 valence electrons. The Morgan fingerprint density at radius 3 is 2.66 bits per heavy atom. The van der Waals surface area contributed by atoms with Crippen molar-refractivity contribution >= 4 is 17.5 Å². The second-order valence-electron chi connectivity index (χ2n) is 6.10. The Labute approximate surface area is 164 Å². The number of amides is 2. The molecule has 0 saturated carbocycles. The maximum atomic E-state index is 12.6. The first kappa shape index (κ1) is 20.0. The standard InChI is InChI=1S/C18H18F2N6O3/c1-25-10-11(8-22-25)7-21-17(28)15-14(9-23-26(15)2)24-16(27)12-4-3-5-13(6-12)29-18(19)20/h3-6,8-10,18H,7H2,1-2H3,(H,21,28)(H,24,27). The summed E-state index contributed by atoms with van der Waals surface area (Å²) in [5, 5.41) is 13.3. The van der Waals surface area contributed by atoms with Crippen LogP contribution in [0.1, 0.15) is 26.4 Å². The van der Waals surface area contributed by atoms with E-state index in [9.17, 15) is 18.4 Å². The van der Waals surface area contributed by atoms with Crippen molar-refractivity contribution in [3.63, 3.8) is 0 Å². The van der Waals surface area contributed by atoms with E-state index in [0.717, 1.165) is 5.56 Å². The third-order valence-corrected chi connectivity index (χ3v) is 3.93. The fourth-order valence-electron chi connectivity index (χ4n) is 2.64. The number of anilines is 1. The molecule has 0 aliphatic rings. The minimum atomic E-state index is -3.00. The Hall–Kier alpha value is -3.76. The zero-order chi connectivity index (χ0) is 21.0. The van der Waals surface area contributed by atoms with Gasteiger partial charge in [0.1, 0.15) is 11.4 Å². The van der Waals surface area contributed by atoms with Crippen molar-refractivity contribution in [1.82, 2.24) is 24.9 Å². The third kappa shape index (κ3) is 4.94. The van der Waals surface area contributed by atoms with Crippen molar-refractivity contribution in [2.24, 2.45) is 14.1 Å². The number of ether oxygens (including phenoxy) is 1. The summed E-state index contributed by atoms with van der Waals surface area (Å²) in [6.45, 7) is -2.75. The highest BCUT2D eigenvalue weighted by molar-refractivity contribution is 6.08. The molecule has 0 saturated heterocycles. The number of aromatic nitrogens is 4. The first-order valence-electron chi connectivity index (χ1n) is 8.47. The highest BCUT2D eigenvalue weighted by atomic mass is 19.3. The van der Waals surface area contributed by atoms with E-state index in [2.05, 4.69) is 25.6 Å². The van der Waals surface area contributed by atoms with E-state index >= 15 is 0 Å². The van der Waals surface area contributed by atoms with Crippen LogP contribution in [0.25, 0.3) is 0 Å². The van der Waals surface area contributed by atoms with E-state index in [1.54, 1.807) is 31.2 Å². The Bertz CT molecular complexity index is 1030. The largest absolute Gasteiger partial charge is 0.435 e. The van der Waals surface area contributed by atoms with E-state index in [1.165, 1.54) is 35.1 Å². The number of hydrogen-bond donors (Lipinski definition) is 2. The zero-order valence-electron chi connectivity index (χ0n) is 15.6. The molecule has 0 spiro atoms. The molecule has 0 aliphatic heterocycles. The zero-order valence-corrected chi connectivity index (χ0v) is 15.6. The number of nitrogens with one attached hydrogen (secondary N) is 2. The molecule has 11 heteroatoms. The van der Waals surface area contributed by atoms with Crippen LogP contribution in [0, 0.1) is 0 Å². The van der Waals surface area contributed by atoms with E-state index in [1.807, 2.05) is 0 Å². The molecule has 2 aromatic heterocycles. The second kappa shape index (κ2) is 8.50. The number of rotatable bonds is 7. The summed E-state index contributed by atoms with van der Waals surface area (Å²) in [6.07, 6.45) is 4.72. The summed E-state index contributed by atoms with van der Waals surface area (Å²) in [4.78, 5) is 25.1. The molecule has 2 heterocycles. The van der Waals surface area contributed by atoms with Crippen molar-refractivity contribution in [1.29, 1.82) is 0 Å². The molecule has 1 aromatic carbocycles. The predicted molar refractivity (Wildman–Crippen MR) is 98.6 cm³/mol. The van der Waals surface area contributed by atoms with Crippen LogP contribution in [-0.2, 0) is 20.6 Å². The number of alkyl halides is 2. The number of carbonyl (C=O) groups excluding carboxylic acids is 2. The molecule has 0 radical (unpaired) electrons. The van der Waals surface area contributed by atoms with Gasteiger partial charge in [0, 0.05) is 38.0 Å². The third-order valence-electron chi connectivity index (χ3n) is 3.93. The maximum Gasteiger partial charge on any atom is 0.387 e. The van der Waals surface area contributed by atoms with Gasteiger partial charge in [0.2, 0.25) is 0 Å². The van der Waals surface area contributed by atoms with Crippen molar-refractivity contribution in [2.45, 2.75) is 13.2 Å². The second-order valence-corrected chi connectivity index (χ2v) is 6.10. The molecule has 0 fully saturated rings. The number of halogens is 2. The lowest BCUT2D eigenvalue weighted by molar-refractivity contribution is -0.0498. The molecule has 3 aromatic rings. The van der Waals surface area contributed by atoms with Gasteiger partial charge in [-0.3, -0.25) is 19.0 Å². The highest BCUT2D eigenvalue weighted by Crippen LogP contribution is 2.19. The van der Waals surface area contributed by atoms with Gasteiger partial charge >= 0.3 is 6.61 Å². The topological polar surface area (TPSA) is 103 Å². The lowest BCUT2D eigenvalue weighted by atomic mass is 10.2. The molecule has 2 N–H and O–H groups in total. The smallest absolute Gasteiger partial charge is 0.387 e. The van der Waals surface area contributed by atoms with Crippen LogP contribution in [0.3, 0.4) is 0 Å². The van der Waals surface area contributed by atoms with Crippen molar-refractivity contribution in [2.75, 3.05) is 5.32 Å². The average molecular weight is 404 g/mol. The molecule has 0 atom stereocenters. The Morgan fingerprint density at radius 2 is 1.97 bits per heavy atom. The SMILES string of the molecule is Cn1cc(CNC(=O)c2c(NC(=O)c3cccc(OC(F)F)c3)cnn2C)cn1. The number of carbonyl (C=O) groups is 2. The highest BCUT2D eigenvalue weighted by Gasteiger charge is 2.19. The Kier molecular flexibility index (Phi) is 5.86. The van der Waals surface area contributed by atoms with Gasteiger partial charge in [0.25, 0.3) is 11.8 Å². The van der Waals surface area contributed by atoms with E-state index in [4.69, 9.17) is 0 Å². The number of aryl methyl sites for hydroxylation is 2. The van der Waals surface area contributed by atoms with Crippen molar-refractivity contribution < 1.29 is 23.1 Å². The molecule has 29 heavy (non-hydrogen) atoms. The van der Waals surface area contributed by atoms with E-state index < -0.39 is 18.4 Å². The van der Waals surface area contributed by atoms with Crippen LogP contribution in [0.2, 0.25) is 0 Å². The number of hydrogen-bond acceptors (Lipinski definition) is 5. The van der Waals surface area contributed by atoms with Gasteiger partial charge in [0.05, 0.1) is 18.1 Å². The van der Waals surface area contributed by atoms with Crippen LogP contribution < -0.4 is 15.4 Å². The number of benzene rings is 1. The fourth-order valence-corrected chi connectivity index (χ4v) is 2.64. The number of nitrogens with zero attached hydrogens (tertiary/aromatic N) is 4. The normalized spacial score (nSPS) is 10.8. The van der Waals surface area contributed by atoms with Crippen LogP contribution in [0.4, 0.5) is 14.5 Å². The molecule has 3 rings (SSSR count). The van der Waals surface area contributed by atoms with Crippen LogP contribution in [-0.4, -0.2) is 38.0 Å². The van der Waals surface area contributed by atoms with Crippen LogP contribution in [0.5, 0.6) is 5.75 Å². The Balaban J connectivity index is 1.72. The van der Waals surface area contributed by atoms with Gasteiger partial charge in [0.15, 0.2) is 0 Å². The minimum Gasteiger partial charge on any atom is -0.435 e. The van der Waals surface area contributed by atoms with Gasteiger partial charge < -0.3 is 15.4 Å². The summed E-state index contributed by atoms with van der Waals surface area (Å²) in [6, 6.07) is 5.34. The van der Waals surface area contributed by atoms with Gasteiger partial charge in [-0.2, -0.15) is 19.0 Å². The van der Waals surface area contributed by atoms with E-state index in [-0.39, 0.29) is 29.2 Å². The lowest BCUT2D eigenvalue weighted by Crippen LogP contribution is -2.26. The lowest BCUT2D eigenvalue weighted by Gasteiger charge is -2.09. The fraction of sp³-hybridized carbons (Fsp3) is 0.222. The van der Waals surface area contributed by atoms with Gasteiger partial charge in [-0.25, -0.2) is 0 Å². The van der Waals surface area contributed by atoms with Gasteiger partial charge in [-0.15, -0.1) is 0 Å². The Morgan fingerprint density at radius 1 is 1.17 bits per heavy atom. The quantitative estimate of drug-likeness (QED) is 0.627. The van der Waals surface area contributed by atoms with Crippen molar-refractivity contribution in [3.05, 3.63) is 59.7 Å². The van der Waals surface area contributed by atoms with Crippen molar-refractivity contribution in [3.8, 4) is 5.75 Å². The minimum absolute atomic E-state index is 0.0914. The van der Waals surface area contributed by atoms with Crippen LogP contribution in [0.15, 0.2) is 42.9 Å². The molecule has 9 nitrogen and oxygen atoms in total. The first-order chi connectivity index (χ1) is 13.8. The molecule has 0 unspecified atom stereocenters. The molecule has 2 amide bonds. The maximum absolute atomic E-state index is 12.6. The summed E-state index contributed by atoms with van der Waals surface area (Å²) < 4.78 is 31.9. The molecular weight excluding hydrogens is 386 g/mol. The molecule has 0 aliphatic carbocycles. The summed E-state index contributed by atoms with van der Waals surface area (Å²) >= 11 is 0. The predicted octanol–water partition coefficient (Wildman–Crippen LogP) is 1.94. The molecular formula is C18H18F2N6O3. The van der Waals surface area contributed by atoms with E-state index in [0.29, 0.717) is 0 Å². The summed E-state index contributed by atoms with van der Waals surface area (Å²) in [5.41, 5.74) is 1.22. The average Bonchev–Trinajstić information content (AvgIpc) is 3.25. The van der Waals surface area contributed by atoms with Crippen LogP contribution >= 0.6 is 0 Å². The molecule has 0 bridgehead atoms. The summed E-state index contributed by atoms with van der Waals surface area (Å²) in [7, 11) is 3.33.